The number of piperidine rings is 1. The highest BCUT2D eigenvalue weighted by molar-refractivity contribution is 7.81. The van der Waals surface area contributed by atoms with Crippen LogP contribution in [0.15, 0.2) is 12.4 Å². The summed E-state index contributed by atoms with van der Waals surface area (Å²) in [5.41, 5.74) is -0.898. The third-order valence-electron chi connectivity index (χ3n) is 6.85. The molecule has 4 rings (SSSR count). The van der Waals surface area contributed by atoms with Crippen LogP contribution in [0.2, 0.25) is 0 Å². The summed E-state index contributed by atoms with van der Waals surface area (Å²) in [4.78, 5) is 13.1. The zero-order chi connectivity index (χ0) is 23.8. The van der Waals surface area contributed by atoms with Gasteiger partial charge in [-0.05, 0) is 37.0 Å². The van der Waals surface area contributed by atoms with Crippen LogP contribution in [0.25, 0.3) is 10.6 Å². The van der Waals surface area contributed by atoms with Gasteiger partial charge in [0.2, 0.25) is 5.95 Å². The summed E-state index contributed by atoms with van der Waals surface area (Å²) in [7, 11) is -1.02. The molecule has 2 aromatic rings. The third kappa shape index (κ3) is 5.74. The molecule has 0 radical (unpaired) electrons. The molecule has 6 nitrogen and oxygen atoms in total. The lowest BCUT2D eigenvalue weighted by Crippen LogP contribution is -2.39. The van der Waals surface area contributed by atoms with E-state index in [4.69, 9.17) is 0 Å². The molecule has 0 spiro atoms. The van der Waals surface area contributed by atoms with E-state index in [-0.39, 0.29) is 23.1 Å². The van der Waals surface area contributed by atoms with Crippen LogP contribution in [-0.2, 0) is 23.6 Å². The number of anilines is 1. The van der Waals surface area contributed by atoms with Crippen LogP contribution >= 0.6 is 11.3 Å². The largest absolute Gasteiger partial charge is 0.420 e. The Kier molecular flexibility index (Phi) is 7.12. The molecule has 1 atom stereocenters. The lowest BCUT2D eigenvalue weighted by molar-refractivity contribution is -0.137. The number of hydrogen-bond donors (Lipinski definition) is 1. The van der Waals surface area contributed by atoms with Gasteiger partial charge in [-0.25, -0.2) is 23.5 Å². The third-order valence-corrected chi connectivity index (χ3v) is 8.95. The average Bonchev–Trinajstić information content (AvgIpc) is 3.13. The molecule has 2 aromatic heterocycles. The van der Waals surface area contributed by atoms with Gasteiger partial charge in [0, 0.05) is 44.2 Å². The molecule has 3 heterocycles. The second-order valence-corrected chi connectivity index (χ2v) is 12.1. The molecule has 1 saturated heterocycles. The maximum Gasteiger partial charge on any atom is 0.420 e. The van der Waals surface area contributed by atoms with E-state index in [0.29, 0.717) is 23.9 Å². The van der Waals surface area contributed by atoms with Crippen molar-refractivity contribution in [2.24, 2.45) is 11.3 Å². The van der Waals surface area contributed by atoms with E-state index in [1.165, 1.54) is 36.8 Å². The first-order valence-electron chi connectivity index (χ1n) is 11.3. The zero-order valence-electron chi connectivity index (χ0n) is 19.1. The molecule has 0 amide bonds. The number of halogens is 3. The molecule has 1 unspecified atom stereocenters. The van der Waals surface area contributed by atoms with E-state index in [1.54, 1.807) is 6.26 Å². The molecule has 33 heavy (non-hydrogen) atoms. The summed E-state index contributed by atoms with van der Waals surface area (Å²) in [5.74, 6) is 0.820. The van der Waals surface area contributed by atoms with Crippen molar-refractivity contribution < 1.29 is 17.4 Å². The summed E-state index contributed by atoms with van der Waals surface area (Å²) in [6.45, 7) is 5.74. The molecule has 182 valence electrons. The van der Waals surface area contributed by atoms with Gasteiger partial charge in [0.25, 0.3) is 0 Å². The molecule has 11 heteroatoms. The SMILES string of the molecule is CS(=O)N1CCC(Nc2ncc(C(F)(F)F)c(-c3cnc(CC(C)(C)C4CCC4)s3)n2)CC1. The van der Waals surface area contributed by atoms with Crippen molar-refractivity contribution in [2.75, 3.05) is 24.7 Å². The van der Waals surface area contributed by atoms with Crippen molar-refractivity contribution in [2.45, 2.75) is 64.6 Å². The van der Waals surface area contributed by atoms with Gasteiger partial charge in [-0.2, -0.15) is 13.2 Å². The topological polar surface area (TPSA) is 71.0 Å². The summed E-state index contributed by atoms with van der Waals surface area (Å²) < 4.78 is 54.7. The fourth-order valence-electron chi connectivity index (χ4n) is 4.51. The van der Waals surface area contributed by atoms with Crippen LogP contribution in [-0.4, -0.2) is 48.9 Å². The van der Waals surface area contributed by atoms with Gasteiger partial charge >= 0.3 is 6.18 Å². The molecule has 1 N–H and O–H groups in total. The lowest BCUT2D eigenvalue weighted by Gasteiger charge is -2.40. The number of hydrogen-bond acceptors (Lipinski definition) is 6. The minimum absolute atomic E-state index is 0.0229. The summed E-state index contributed by atoms with van der Waals surface area (Å²) >= 11 is 1.28. The van der Waals surface area contributed by atoms with Gasteiger partial charge in [-0.1, -0.05) is 20.3 Å². The Bertz CT molecular complexity index is 998. The molecule has 2 fully saturated rings. The number of alkyl halides is 3. The van der Waals surface area contributed by atoms with E-state index < -0.39 is 22.7 Å². The first kappa shape index (κ1) is 24.5. The number of thiazole rings is 1. The van der Waals surface area contributed by atoms with Crippen LogP contribution in [0.3, 0.4) is 0 Å². The zero-order valence-corrected chi connectivity index (χ0v) is 20.7. The second-order valence-electron chi connectivity index (χ2n) is 9.64. The number of rotatable bonds is 7. The molecule has 1 saturated carbocycles. The Balaban J connectivity index is 1.54. The van der Waals surface area contributed by atoms with Crippen molar-refractivity contribution in [1.29, 1.82) is 0 Å². The second kappa shape index (κ2) is 9.58. The van der Waals surface area contributed by atoms with Gasteiger partial charge in [0.1, 0.15) is 5.56 Å². The molecular weight excluding hydrogens is 471 g/mol. The van der Waals surface area contributed by atoms with Crippen LogP contribution in [0.5, 0.6) is 0 Å². The Morgan fingerprint density at radius 2 is 1.85 bits per heavy atom. The van der Waals surface area contributed by atoms with Crippen LogP contribution in [0.4, 0.5) is 19.1 Å². The summed E-state index contributed by atoms with van der Waals surface area (Å²) in [5, 5.41) is 4.01. The lowest BCUT2D eigenvalue weighted by atomic mass is 9.66. The van der Waals surface area contributed by atoms with Crippen molar-refractivity contribution in [3.63, 3.8) is 0 Å². The standard InChI is InChI=1S/C22H30F3N5OS2/c1-21(2,14-5-4-6-14)11-18-26-13-17(32-18)19-16(22(23,24)25)12-27-20(29-19)28-15-7-9-30(10-8-15)33(3)31/h12-15H,4-11H2,1-3H3,(H,27,28,29). The minimum Gasteiger partial charge on any atom is -0.351 e. The monoisotopic (exact) mass is 501 g/mol. The van der Waals surface area contributed by atoms with Gasteiger partial charge in [0.05, 0.1) is 26.6 Å². The Labute approximate surface area is 199 Å². The summed E-state index contributed by atoms with van der Waals surface area (Å²) in [6.07, 6.45) is 5.31. The van der Waals surface area contributed by atoms with Gasteiger partial charge in [-0.3, -0.25) is 0 Å². The fourth-order valence-corrected chi connectivity index (χ4v) is 6.40. The number of aromatic nitrogens is 3. The molecule has 1 aliphatic carbocycles. The fraction of sp³-hybridized carbons (Fsp3) is 0.682. The highest BCUT2D eigenvalue weighted by Gasteiger charge is 2.37. The smallest absolute Gasteiger partial charge is 0.351 e. The highest BCUT2D eigenvalue weighted by atomic mass is 32.2. The van der Waals surface area contributed by atoms with Crippen molar-refractivity contribution in [3.8, 4) is 10.6 Å². The minimum atomic E-state index is -4.56. The van der Waals surface area contributed by atoms with Crippen molar-refractivity contribution >= 4 is 28.3 Å². The van der Waals surface area contributed by atoms with E-state index in [0.717, 1.165) is 30.5 Å². The first-order valence-corrected chi connectivity index (χ1v) is 13.6. The Morgan fingerprint density at radius 3 is 2.42 bits per heavy atom. The number of nitrogens with one attached hydrogen (secondary N) is 1. The van der Waals surface area contributed by atoms with Crippen LogP contribution < -0.4 is 5.32 Å². The first-order chi connectivity index (χ1) is 15.5. The van der Waals surface area contributed by atoms with Gasteiger partial charge < -0.3 is 5.32 Å². The van der Waals surface area contributed by atoms with E-state index in [1.807, 2.05) is 4.31 Å². The van der Waals surface area contributed by atoms with E-state index in [9.17, 15) is 17.4 Å². The maximum atomic E-state index is 13.7. The maximum absolute atomic E-state index is 13.7. The predicted octanol–water partition coefficient (Wildman–Crippen LogP) is 5.16. The van der Waals surface area contributed by atoms with E-state index in [2.05, 4.69) is 34.1 Å². The van der Waals surface area contributed by atoms with Crippen molar-refractivity contribution in [3.05, 3.63) is 23.0 Å². The van der Waals surface area contributed by atoms with Crippen molar-refractivity contribution in [1.82, 2.24) is 19.3 Å². The normalized spacial score (nSPS) is 19.9. The highest BCUT2D eigenvalue weighted by Crippen LogP contribution is 2.45. The molecule has 0 bridgehead atoms. The molecule has 1 aliphatic heterocycles. The Hall–Kier alpha value is -1.59. The number of nitrogens with zero attached hydrogens (tertiary/aromatic N) is 4. The van der Waals surface area contributed by atoms with Gasteiger partial charge in [-0.15, -0.1) is 11.3 Å². The van der Waals surface area contributed by atoms with E-state index >= 15 is 0 Å². The predicted molar refractivity (Wildman–Crippen MR) is 125 cm³/mol. The van der Waals surface area contributed by atoms with Crippen LogP contribution in [0.1, 0.15) is 56.5 Å². The average molecular weight is 502 g/mol. The quantitative estimate of drug-likeness (QED) is 0.568. The van der Waals surface area contributed by atoms with Crippen LogP contribution in [0, 0.1) is 11.3 Å². The summed E-state index contributed by atoms with van der Waals surface area (Å²) in [6, 6.07) is 0.0229. The molecular formula is C22H30F3N5OS2. The van der Waals surface area contributed by atoms with Gasteiger partial charge in [0.15, 0.2) is 0 Å². The Morgan fingerprint density at radius 1 is 1.15 bits per heavy atom. The molecule has 0 aromatic carbocycles. The molecule has 2 aliphatic rings.